The number of fused-ring (bicyclic) bond motifs is 5. The lowest BCUT2D eigenvalue weighted by molar-refractivity contribution is -0.117. The van der Waals surface area contributed by atoms with Gasteiger partial charge in [-0.05, 0) is 81.1 Å². The van der Waals surface area contributed by atoms with E-state index in [0.29, 0.717) is 11.2 Å². The Morgan fingerprint density at radius 3 is 2.79 bits per heavy atom. The van der Waals surface area contributed by atoms with Crippen LogP contribution in [0.2, 0.25) is 0 Å². The van der Waals surface area contributed by atoms with Crippen LogP contribution in [0.4, 0.5) is 0 Å². The van der Waals surface area contributed by atoms with Crippen molar-refractivity contribution in [1.82, 2.24) is 0 Å². The van der Waals surface area contributed by atoms with Crippen LogP contribution in [0.3, 0.4) is 0 Å². The topological polar surface area (TPSA) is 17.1 Å². The van der Waals surface area contributed by atoms with Gasteiger partial charge in [-0.3, -0.25) is 4.79 Å². The molecule has 0 bridgehead atoms. The summed E-state index contributed by atoms with van der Waals surface area (Å²) in [7, 11) is 0. The molecule has 0 aromatic carbocycles. The van der Waals surface area contributed by atoms with Crippen molar-refractivity contribution in [2.24, 2.45) is 28.6 Å². The first kappa shape index (κ1) is 16.2. The van der Waals surface area contributed by atoms with Gasteiger partial charge in [0.2, 0.25) is 0 Å². The van der Waals surface area contributed by atoms with Crippen LogP contribution in [-0.2, 0) is 4.79 Å². The third-order valence-electron chi connectivity index (χ3n) is 8.17. The number of hydrogen-bond donors (Lipinski definition) is 0. The van der Waals surface area contributed by atoms with Gasteiger partial charge < -0.3 is 0 Å². The molecule has 0 spiro atoms. The van der Waals surface area contributed by atoms with Crippen molar-refractivity contribution in [2.45, 2.75) is 72.1 Å². The van der Waals surface area contributed by atoms with Crippen LogP contribution in [0.25, 0.3) is 0 Å². The van der Waals surface area contributed by atoms with Gasteiger partial charge in [0.05, 0.1) is 0 Å². The Morgan fingerprint density at radius 2 is 2.04 bits per heavy atom. The largest absolute Gasteiger partial charge is 0.295 e. The summed E-state index contributed by atoms with van der Waals surface area (Å²) < 4.78 is 0. The molecule has 24 heavy (non-hydrogen) atoms. The number of allylic oxidation sites excluding steroid dienone is 4. The smallest absolute Gasteiger partial charge is 0.155 e. The SMILES string of the molecule is CC#CC1=CC[C@H]2[C@@H]3CCC4=CC(=O)CC[C@]4(C)[C@H]3CC[C@]12CC. The molecule has 4 rings (SSSR count). The lowest BCUT2D eigenvalue weighted by atomic mass is 9.46. The molecule has 0 amide bonds. The maximum absolute atomic E-state index is 11.9. The first-order valence-corrected chi connectivity index (χ1v) is 9.92. The highest BCUT2D eigenvalue weighted by molar-refractivity contribution is 5.91. The molecule has 0 aromatic heterocycles. The predicted octanol–water partition coefficient (Wildman–Crippen LogP) is 5.47. The van der Waals surface area contributed by atoms with E-state index in [-0.39, 0.29) is 5.41 Å². The van der Waals surface area contributed by atoms with Gasteiger partial charge in [0.25, 0.3) is 0 Å². The molecule has 0 aliphatic heterocycles. The monoisotopic (exact) mass is 322 g/mol. The molecule has 1 nitrogen and oxygen atoms in total. The van der Waals surface area contributed by atoms with Crippen molar-refractivity contribution < 1.29 is 4.79 Å². The Balaban J connectivity index is 1.69. The second-order valence-corrected chi connectivity index (χ2v) is 8.75. The van der Waals surface area contributed by atoms with Crippen LogP contribution in [0.1, 0.15) is 72.1 Å². The van der Waals surface area contributed by atoms with Crippen LogP contribution in [0.15, 0.2) is 23.3 Å². The first-order valence-electron chi connectivity index (χ1n) is 9.92. The van der Waals surface area contributed by atoms with Crippen LogP contribution in [-0.4, -0.2) is 5.78 Å². The summed E-state index contributed by atoms with van der Waals surface area (Å²) in [6.07, 6.45) is 13.8. The van der Waals surface area contributed by atoms with Crippen molar-refractivity contribution in [2.75, 3.05) is 0 Å². The Morgan fingerprint density at radius 1 is 1.21 bits per heavy atom. The van der Waals surface area contributed by atoms with E-state index in [9.17, 15) is 4.79 Å². The molecular weight excluding hydrogens is 292 g/mol. The summed E-state index contributed by atoms with van der Waals surface area (Å²) in [5, 5.41) is 0. The normalized spacial score (nSPS) is 43.6. The van der Waals surface area contributed by atoms with E-state index in [0.717, 1.165) is 37.0 Å². The average molecular weight is 322 g/mol. The molecule has 0 aromatic rings. The van der Waals surface area contributed by atoms with Gasteiger partial charge in [-0.1, -0.05) is 31.4 Å². The fourth-order valence-electron chi connectivity index (χ4n) is 6.90. The number of ketones is 1. The molecule has 128 valence electrons. The summed E-state index contributed by atoms with van der Waals surface area (Å²) in [5.41, 5.74) is 3.56. The van der Waals surface area contributed by atoms with E-state index in [2.05, 4.69) is 31.8 Å². The fourth-order valence-corrected chi connectivity index (χ4v) is 6.90. The van der Waals surface area contributed by atoms with Crippen molar-refractivity contribution >= 4 is 5.78 Å². The molecule has 0 heterocycles. The van der Waals surface area contributed by atoms with Crippen LogP contribution in [0, 0.1) is 40.4 Å². The van der Waals surface area contributed by atoms with E-state index < -0.39 is 0 Å². The third kappa shape index (κ3) is 2.05. The van der Waals surface area contributed by atoms with Crippen molar-refractivity contribution in [3.63, 3.8) is 0 Å². The first-order chi connectivity index (χ1) is 11.5. The number of hydrogen-bond acceptors (Lipinski definition) is 1. The third-order valence-corrected chi connectivity index (χ3v) is 8.17. The van der Waals surface area contributed by atoms with E-state index >= 15 is 0 Å². The zero-order chi connectivity index (χ0) is 16.9. The second kappa shape index (κ2) is 5.62. The fraction of sp³-hybridized carbons (Fsp3) is 0.696. The molecule has 1 heteroatoms. The Labute approximate surface area is 147 Å². The highest BCUT2D eigenvalue weighted by Gasteiger charge is 2.57. The molecule has 2 fully saturated rings. The molecule has 5 atom stereocenters. The van der Waals surface area contributed by atoms with Gasteiger partial charge in [-0.25, -0.2) is 0 Å². The van der Waals surface area contributed by atoms with E-state index in [1.165, 1.54) is 43.3 Å². The zero-order valence-corrected chi connectivity index (χ0v) is 15.5. The molecule has 0 N–H and O–H groups in total. The lowest BCUT2D eigenvalue weighted by Gasteiger charge is -2.58. The van der Waals surface area contributed by atoms with E-state index in [1.807, 2.05) is 13.0 Å². The minimum Gasteiger partial charge on any atom is -0.295 e. The van der Waals surface area contributed by atoms with Gasteiger partial charge in [0.15, 0.2) is 5.78 Å². The standard InChI is InChI=1S/C23H30O/c1-4-6-16-8-10-21-19-9-7-17-15-18(24)11-13-22(17,3)20(19)12-14-23(16,21)5-2/h8,15,19-21H,5,7,9-14H2,1-3H3/t19-,20+,21+,22+,23-/m1/s1. The number of rotatable bonds is 1. The number of carbonyl (C=O) groups excluding carboxylic acids is 1. The molecule has 2 saturated carbocycles. The molecule has 0 saturated heterocycles. The second-order valence-electron chi connectivity index (χ2n) is 8.75. The quantitative estimate of drug-likeness (QED) is 0.585. The van der Waals surface area contributed by atoms with E-state index in [1.54, 1.807) is 0 Å². The van der Waals surface area contributed by atoms with Gasteiger partial charge in [0, 0.05) is 17.4 Å². The Hall–Kier alpha value is -1.29. The van der Waals surface area contributed by atoms with Gasteiger partial charge >= 0.3 is 0 Å². The Bertz CT molecular complexity index is 685. The van der Waals surface area contributed by atoms with Crippen LogP contribution in [0.5, 0.6) is 0 Å². The van der Waals surface area contributed by atoms with Crippen molar-refractivity contribution in [1.29, 1.82) is 0 Å². The van der Waals surface area contributed by atoms with Crippen molar-refractivity contribution in [3.8, 4) is 11.8 Å². The van der Waals surface area contributed by atoms with Crippen molar-refractivity contribution in [3.05, 3.63) is 23.3 Å². The summed E-state index contributed by atoms with van der Waals surface area (Å²) >= 11 is 0. The summed E-state index contributed by atoms with van der Waals surface area (Å²) in [5.74, 6) is 9.37. The summed E-state index contributed by atoms with van der Waals surface area (Å²) in [4.78, 5) is 11.9. The maximum atomic E-state index is 11.9. The average Bonchev–Trinajstić information content (AvgIpc) is 2.95. The molecule has 4 aliphatic carbocycles. The minimum absolute atomic E-state index is 0.288. The molecule has 4 aliphatic rings. The molecule has 0 radical (unpaired) electrons. The maximum Gasteiger partial charge on any atom is 0.155 e. The lowest BCUT2D eigenvalue weighted by Crippen LogP contribution is -2.50. The van der Waals surface area contributed by atoms with Gasteiger partial charge in [-0.2, -0.15) is 0 Å². The highest BCUT2D eigenvalue weighted by atomic mass is 16.1. The molecular formula is C23H30O. The minimum atomic E-state index is 0.288. The zero-order valence-electron chi connectivity index (χ0n) is 15.5. The van der Waals surface area contributed by atoms with E-state index in [4.69, 9.17) is 0 Å². The number of carbonyl (C=O) groups is 1. The predicted molar refractivity (Wildman–Crippen MR) is 98.2 cm³/mol. The molecule has 0 unspecified atom stereocenters. The van der Waals surface area contributed by atoms with Crippen LogP contribution >= 0.6 is 0 Å². The summed E-state index contributed by atoms with van der Waals surface area (Å²) in [6.45, 7) is 6.82. The highest BCUT2D eigenvalue weighted by Crippen LogP contribution is 2.66. The van der Waals surface area contributed by atoms with Gasteiger partial charge in [-0.15, -0.1) is 5.92 Å². The van der Waals surface area contributed by atoms with Gasteiger partial charge in [0.1, 0.15) is 0 Å². The summed E-state index contributed by atoms with van der Waals surface area (Å²) in [6, 6.07) is 0. The van der Waals surface area contributed by atoms with Crippen LogP contribution < -0.4 is 0 Å². The Kier molecular flexibility index (Phi) is 3.79.